The van der Waals surface area contributed by atoms with Gasteiger partial charge in [0, 0.05) is 65.8 Å². The average Bonchev–Trinajstić information content (AvgIpc) is 4.05. The van der Waals surface area contributed by atoms with Gasteiger partial charge in [0.15, 0.2) is 0 Å². The van der Waals surface area contributed by atoms with Crippen LogP contribution in [-0.2, 0) is 31.3 Å². The molecule has 0 fully saturated rings. The largest absolute Gasteiger partial charge is 0.509 e. The number of para-hydroxylation sites is 3. The Kier molecular flexibility index (Phi) is 11.0. The Morgan fingerprint density at radius 3 is 1.98 bits per heavy atom. The van der Waals surface area contributed by atoms with Gasteiger partial charge in [-0.25, -0.2) is 4.98 Å². The van der Waals surface area contributed by atoms with E-state index in [0.717, 1.165) is 72.4 Å². The molecule has 0 saturated carbocycles. The average molecular weight is 949 g/mol. The van der Waals surface area contributed by atoms with Crippen LogP contribution in [0.2, 0.25) is 0 Å². The van der Waals surface area contributed by atoms with Crippen molar-refractivity contribution in [1.29, 1.82) is 0 Å². The molecular formula is C59H48N5OPd-3. The Morgan fingerprint density at radius 2 is 1.21 bits per heavy atom. The van der Waals surface area contributed by atoms with Crippen molar-refractivity contribution in [3.63, 3.8) is 0 Å². The van der Waals surface area contributed by atoms with E-state index >= 15 is 0 Å². The third-order valence-electron chi connectivity index (χ3n) is 12.7. The SMILES string of the molecule is CC(C)(C)c1ccccc1N1C=CN(c2[c-]c(Oc3[c-]c4c(cc3)c3c(c5ccccc5n3-c3ccccc3)n4-c3cc(C(C)(C)c4ccccc4)ccn3)cc(-c3ccccc3)c2)[CH-]1.[Pd]. The van der Waals surface area contributed by atoms with Crippen LogP contribution in [0.4, 0.5) is 11.4 Å². The summed E-state index contributed by atoms with van der Waals surface area (Å²) in [5.41, 5.74) is 12.7. The smallest absolute Gasteiger partial charge is 0.135 e. The molecule has 0 spiro atoms. The van der Waals surface area contributed by atoms with Crippen LogP contribution in [0.3, 0.4) is 0 Å². The van der Waals surface area contributed by atoms with E-state index in [0.29, 0.717) is 11.5 Å². The summed E-state index contributed by atoms with van der Waals surface area (Å²) >= 11 is 0. The predicted octanol–water partition coefficient (Wildman–Crippen LogP) is 14.7. The number of hydrogen-bond donors (Lipinski definition) is 0. The second kappa shape index (κ2) is 17.0. The molecule has 0 atom stereocenters. The summed E-state index contributed by atoms with van der Waals surface area (Å²) in [6, 6.07) is 69.1. The normalized spacial score (nSPS) is 12.9. The zero-order chi connectivity index (χ0) is 44.3. The van der Waals surface area contributed by atoms with E-state index in [-0.39, 0.29) is 31.3 Å². The fourth-order valence-corrected chi connectivity index (χ4v) is 9.34. The van der Waals surface area contributed by atoms with E-state index in [1.165, 1.54) is 11.1 Å². The number of anilines is 2. The zero-order valence-electron chi connectivity index (χ0n) is 37.5. The molecule has 0 amide bonds. The molecule has 6 nitrogen and oxygen atoms in total. The van der Waals surface area contributed by atoms with Gasteiger partial charge < -0.3 is 23.7 Å². The van der Waals surface area contributed by atoms with Crippen LogP contribution in [0.5, 0.6) is 11.5 Å². The van der Waals surface area contributed by atoms with Gasteiger partial charge in [0.25, 0.3) is 0 Å². The summed E-state index contributed by atoms with van der Waals surface area (Å²) in [5, 5.41) is 2.16. The minimum Gasteiger partial charge on any atom is -0.509 e. The number of hydrogen-bond acceptors (Lipinski definition) is 4. The van der Waals surface area contributed by atoms with Crippen LogP contribution in [0, 0.1) is 18.8 Å². The summed E-state index contributed by atoms with van der Waals surface area (Å²) in [6.45, 7) is 13.4. The van der Waals surface area contributed by atoms with E-state index in [1.807, 2.05) is 18.3 Å². The van der Waals surface area contributed by atoms with Crippen molar-refractivity contribution in [3.05, 3.63) is 230 Å². The standard InChI is InChI=1S/C59H48N5O.Pd/c1-58(2,3)51-26-16-18-28-53(51)62-34-33-61(40-62)46-35-42(41-19-9-6-10-20-41)36-48(38-46)65-47-29-30-50-54(39-47)64(55-37-44(31-32-60-55)59(4,5)43-21-11-7-12-22-43)57-49-25-15-17-27-52(49)63(56(50)57)45-23-13-8-14-24-45;/h6-37,40H,1-5H3;/q-3;. The third-order valence-corrected chi connectivity index (χ3v) is 12.7. The minimum atomic E-state index is -0.274. The molecule has 328 valence electrons. The second-order valence-electron chi connectivity index (χ2n) is 18.3. The van der Waals surface area contributed by atoms with Gasteiger partial charge in [-0.15, -0.1) is 48.3 Å². The van der Waals surface area contributed by atoms with Gasteiger partial charge in [-0.2, -0.15) is 6.07 Å². The van der Waals surface area contributed by atoms with E-state index in [4.69, 9.17) is 9.72 Å². The molecule has 3 aromatic heterocycles. The van der Waals surface area contributed by atoms with Crippen molar-refractivity contribution in [2.75, 3.05) is 9.80 Å². The fourth-order valence-electron chi connectivity index (χ4n) is 9.34. The van der Waals surface area contributed by atoms with E-state index in [2.05, 4.69) is 249 Å². The number of benzene rings is 7. The monoisotopic (exact) mass is 948 g/mol. The number of nitrogens with zero attached hydrogens (tertiary/aromatic N) is 5. The topological polar surface area (TPSA) is 38.5 Å². The Morgan fingerprint density at radius 1 is 0.545 bits per heavy atom. The summed E-state index contributed by atoms with van der Waals surface area (Å²) in [5.74, 6) is 1.97. The van der Waals surface area contributed by atoms with Gasteiger partial charge in [0.2, 0.25) is 0 Å². The van der Waals surface area contributed by atoms with Gasteiger partial charge in [-0.1, -0.05) is 161 Å². The molecule has 0 N–H and O–H groups in total. The Balaban J connectivity index is 0.00000511. The molecule has 7 heteroatoms. The second-order valence-corrected chi connectivity index (χ2v) is 18.3. The van der Waals surface area contributed by atoms with Crippen LogP contribution in [-0.4, -0.2) is 14.1 Å². The van der Waals surface area contributed by atoms with Crippen molar-refractivity contribution in [2.45, 2.75) is 45.4 Å². The van der Waals surface area contributed by atoms with Crippen molar-refractivity contribution >= 4 is 44.2 Å². The molecule has 1 aliphatic heterocycles. The zero-order valence-corrected chi connectivity index (χ0v) is 39.1. The first-order valence-corrected chi connectivity index (χ1v) is 22.2. The van der Waals surface area contributed by atoms with Crippen LogP contribution in [0.15, 0.2) is 195 Å². The fraction of sp³-hybridized carbons (Fsp3) is 0.119. The maximum atomic E-state index is 6.90. The molecule has 11 rings (SSSR count). The first kappa shape index (κ1) is 42.8. The molecule has 0 radical (unpaired) electrons. The quantitative estimate of drug-likeness (QED) is 0.107. The molecule has 0 unspecified atom stereocenters. The first-order chi connectivity index (χ1) is 31.6. The van der Waals surface area contributed by atoms with E-state index < -0.39 is 0 Å². The summed E-state index contributed by atoms with van der Waals surface area (Å²) < 4.78 is 11.5. The minimum absolute atomic E-state index is 0. The van der Waals surface area contributed by atoms with Gasteiger partial charge in [-0.05, 0) is 76.5 Å². The van der Waals surface area contributed by atoms with Gasteiger partial charge >= 0.3 is 0 Å². The summed E-state index contributed by atoms with van der Waals surface area (Å²) in [6.07, 6.45) is 6.11. The summed E-state index contributed by atoms with van der Waals surface area (Å²) in [4.78, 5) is 9.39. The maximum absolute atomic E-state index is 6.90. The van der Waals surface area contributed by atoms with Crippen molar-refractivity contribution < 1.29 is 25.2 Å². The number of fused-ring (bicyclic) bond motifs is 5. The Labute approximate surface area is 400 Å². The van der Waals surface area contributed by atoms with Crippen molar-refractivity contribution in [3.8, 4) is 34.1 Å². The van der Waals surface area contributed by atoms with Crippen LogP contribution >= 0.6 is 0 Å². The molecule has 0 bridgehead atoms. The molecule has 0 saturated heterocycles. The molecular weight excluding hydrogens is 901 g/mol. The van der Waals surface area contributed by atoms with Crippen LogP contribution < -0.4 is 14.5 Å². The van der Waals surface area contributed by atoms with Crippen molar-refractivity contribution in [2.24, 2.45) is 0 Å². The number of aromatic nitrogens is 3. The number of ether oxygens (including phenoxy) is 1. The maximum Gasteiger partial charge on any atom is 0.135 e. The third kappa shape index (κ3) is 7.58. The predicted molar refractivity (Wildman–Crippen MR) is 267 cm³/mol. The molecule has 66 heavy (non-hydrogen) atoms. The molecule has 7 aromatic carbocycles. The molecule has 1 aliphatic rings. The number of rotatable bonds is 9. The van der Waals surface area contributed by atoms with Crippen LogP contribution in [0.1, 0.15) is 51.3 Å². The van der Waals surface area contributed by atoms with E-state index in [9.17, 15) is 0 Å². The number of pyridine rings is 1. The Bertz CT molecular complexity index is 3400. The van der Waals surface area contributed by atoms with E-state index in [1.54, 1.807) is 0 Å². The molecule has 0 aliphatic carbocycles. The van der Waals surface area contributed by atoms with Crippen molar-refractivity contribution in [1.82, 2.24) is 14.1 Å². The van der Waals surface area contributed by atoms with Crippen LogP contribution in [0.25, 0.3) is 55.5 Å². The van der Waals surface area contributed by atoms with Gasteiger partial charge in [0.1, 0.15) is 5.82 Å². The summed E-state index contributed by atoms with van der Waals surface area (Å²) in [7, 11) is 0. The molecule has 4 heterocycles. The van der Waals surface area contributed by atoms with Gasteiger partial charge in [-0.3, -0.25) is 0 Å². The Hall–Kier alpha value is -7.17. The molecule has 10 aromatic rings. The van der Waals surface area contributed by atoms with Gasteiger partial charge in [0.05, 0.1) is 11.0 Å². The first-order valence-electron chi connectivity index (χ1n) is 22.2.